The van der Waals surface area contributed by atoms with Crippen molar-refractivity contribution >= 4 is 11.9 Å². The molecule has 28 heavy (non-hydrogen) atoms. The summed E-state index contributed by atoms with van der Waals surface area (Å²) in [7, 11) is 0. The summed E-state index contributed by atoms with van der Waals surface area (Å²) >= 11 is 0. The normalized spacial score (nSPS) is 17.4. The Morgan fingerprint density at radius 1 is 1.14 bits per heavy atom. The molecule has 1 aliphatic rings. The molecule has 0 saturated carbocycles. The first-order chi connectivity index (χ1) is 13.2. The van der Waals surface area contributed by atoms with Gasteiger partial charge in [-0.3, -0.25) is 9.78 Å². The predicted molar refractivity (Wildman–Crippen MR) is 105 cm³/mol. The Labute approximate surface area is 164 Å². The third-order valence-corrected chi connectivity index (χ3v) is 4.89. The number of aromatic nitrogens is 3. The van der Waals surface area contributed by atoms with Gasteiger partial charge >= 0.3 is 5.97 Å². The Morgan fingerprint density at radius 3 is 2.57 bits per heavy atom. The van der Waals surface area contributed by atoms with Gasteiger partial charge < -0.3 is 10.0 Å². The molecule has 0 spiro atoms. The molecule has 1 aliphatic heterocycles. The van der Waals surface area contributed by atoms with Crippen molar-refractivity contribution in [2.45, 2.75) is 53.0 Å². The molecule has 2 aromatic rings. The molecule has 1 atom stereocenters. The van der Waals surface area contributed by atoms with Crippen molar-refractivity contribution in [1.29, 1.82) is 0 Å². The van der Waals surface area contributed by atoms with E-state index in [1.807, 2.05) is 31.7 Å². The molecule has 1 unspecified atom stereocenters. The largest absolute Gasteiger partial charge is 0.478 e. The number of aryl methyl sites for hydroxylation is 1. The van der Waals surface area contributed by atoms with Crippen molar-refractivity contribution in [2.24, 2.45) is 5.41 Å². The van der Waals surface area contributed by atoms with Crippen LogP contribution in [0, 0.1) is 12.3 Å². The minimum absolute atomic E-state index is 0.100. The second-order valence-corrected chi connectivity index (χ2v) is 8.25. The SMILES string of the molecule is Cc1nc(-c2cncc(C(=O)O)c2)cc(C2CCCCN2C(=O)C(C)(C)C)n1. The topological polar surface area (TPSA) is 96.3 Å². The maximum atomic E-state index is 13.0. The Balaban J connectivity index is 2.01. The molecule has 3 heterocycles. The molecule has 0 aliphatic carbocycles. The van der Waals surface area contributed by atoms with E-state index in [1.54, 1.807) is 19.2 Å². The fourth-order valence-electron chi connectivity index (χ4n) is 3.52. The van der Waals surface area contributed by atoms with Crippen molar-refractivity contribution in [1.82, 2.24) is 19.9 Å². The number of likely N-dealkylation sites (tertiary alicyclic amines) is 1. The first-order valence-corrected chi connectivity index (χ1v) is 9.52. The standard InChI is InChI=1S/C21H26N4O3/c1-13-23-16(14-9-15(19(26)27)12-22-11-14)10-17(24-13)18-7-5-6-8-25(18)20(28)21(2,3)4/h9-12,18H,5-8H2,1-4H3,(H,26,27). The first kappa shape index (κ1) is 19.9. The average Bonchev–Trinajstić information content (AvgIpc) is 2.66. The molecule has 7 heteroatoms. The van der Waals surface area contributed by atoms with E-state index >= 15 is 0 Å². The molecular weight excluding hydrogens is 356 g/mol. The fraction of sp³-hybridized carbons (Fsp3) is 0.476. The zero-order chi connectivity index (χ0) is 20.5. The van der Waals surface area contributed by atoms with Crippen LogP contribution in [-0.2, 0) is 4.79 Å². The van der Waals surface area contributed by atoms with Crippen LogP contribution in [0.25, 0.3) is 11.3 Å². The zero-order valence-electron chi connectivity index (χ0n) is 16.8. The van der Waals surface area contributed by atoms with Gasteiger partial charge in [0.1, 0.15) is 5.82 Å². The highest BCUT2D eigenvalue weighted by atomic mass is 16.4. The van der Waals surface area contributed by atoms with Gasteiger partial charge in [0.15, 0.2) is 0 Å². The lowest BCUT2D eigenvalue weighted by Gasteiger charge is -2.39. The van der Waals surface area contributed by atoms with Crippen LogP contribution in [-0.4, -0.2) is 43.4 Å². The monoisotopic (exact) mass is 382 g/mol. The maximum Gasteiger partial charge on any atom is 0.337 e. The molecule has 0 radical (unpaired) electrons. The minimum atomic E-state index is -1.03. The van der Waals surface area contributed by atoms with Crippen LogP contribution in [0.4, 0.5) is 0 Å². The predicted octanol–water partition coefficient (Wildman–Crippen LogP) is 3.64. The summed E-state index contributed by atoms with van der Waals surface area (Å²) in [6.07, 6.45) is 5.78. The summed E-state index contributed by atoms with van der Waals surface area (Å²) in [6.45, 7) is 8.32. The molecule has 0 bridgehead atoms. The number of pyridine rings is 1. The average molecular weight is 382 g/mol. The summed E-state index contributed by atoms with van der Waals surface area (Å²) in [4.78, 5) is 39.3. The number of hydrogen-bond donors (Lipinski definition) is 1. The first-order valence-electron chi connectivity index (χ1n) is 9.52. The highest BCUT2D eigenvalue weighted by molar-refractivity contribution is 5.88. The van der Waals surface area contributed by atoms with Crippen molar-refractivity contribution in [3.05, 3.63) is 41.6 Å². The summed E-state index contributed by atoms with van der Waals surface area (Å²) < 4.78 is 0. The Bertz CT molecular complexity index is 905. The lowest BCUT2D eigenvalue weighted by molar-refractivity contribution is -0.143. The van der Waals surface area contributed by atoms with Crippen LogP contribution in [0.5, 0.6) is 0 Å². The molecule has 3 rings (SSSR count). The van der Waals surface area contributed by atoms with E-state index in [2.05, 4.69) is 15.0 Å². The quantitative estimate of drug-likeness (QED) is 0.870. The number of piperidine rings is 1. The van der Waals surface area contributed by atoms with Crippen molar-refractivity contribution < 1.29 is 14.7 Å². The highest BCUT2D eigenvalue weighted by Crippen LogP contribution is 2.34. The third-order valence-electron chi connectivity index (χ3n) is 4.89. The van der Waals surface area contributed by atoms with Gasteiger partial charge in [-0.25, -0.2) is 14.8 Å². The fourth-order valence-corrected chi connectivity index (χ4v) is 3.52. The molecule has 1 N–H and O–H groups in total. The van der Waals surface area contributed by atoms with E-state index in [9.17, 15) is 14.7 Å². The Kier molecular flexibility index (Phi) is 5.45. The summed E-state index contributed by atoms with van der Waals surface area (Å²) in [6, 6.07) is 3.31. The van der Waals surface area contributed by atoms with E-state index < -0.39 is 11.4 Å². The lowest BCUT2D eigenvalue weighted by atomic mass is 9.90. The third kappa shape index (κ3) is 4.18. The number of aromatic carboxylic acids is 1. The van der Waals surface area contributed by atoms with E-state index in [0.29, 0.717) is 17.1 Å². The van der Waals surface area contributed by atoms with E-state index in [1.165, 1.54) is 6.20 Å². The van der Waals surface area contributed by atoms with E-state index in [-0.39, 0.29) is 17.5 Å². The molecule has 1 fully saturated rings. The number of rotatable bonds is 3. The number of carbonyl (C=O) groups is 2. The van der Waals surface area contributed by atoms with Crippen LogP contribution in [0.15, 0.2) is 24.5 Å². The number of hydrogen-bond acceptors (Lipinski definition) is 5. The van der Waals surface area contributed by atoms with Crippen LogP contribution in [0.3, 0.4) is 0 Å². The minimum Gasteiger partial charge on any atom is -0.478 e. The van der Waals surface area contributed by atoms with Crippen LogP contribution >= 0.6 is 0 Å². The van der Waals surface area contributed by atoms with Crippen molar-refractivity contribution in [2.75, 3.05) is 6.54 Å². The summed E-state index contributed by atoms with van der Waals surface area (Å²) in [5.41, 5.74) is 1.68. The van der Waals surface area contributed by atoms with Gasteiger partial charge in [0.25, 0.3) is 0 Å². The van der Waals surface area contributed by atoms with Gasteiger partial charge in [-0.05, 0) is 38.3 Å². The van der Waals surface area contributed by atoms with Crippen molar-refractivity contribution in [3.63, 3.8) is 0 Å². The molecular formula is C21H26N4O3. The number of amides is 1. The van der Waals surface area contributed by atoms with Gasteiger partial charge in [-0.2, -0.15) is 0 Å². The highest BCUT2D eigenvalue weighted by Gasteiger charge is 2.35. The number of carboxylic acid groups (broad SMARTS) is 1. The van der Waals surface area contributed by atoms with Crippen molar-refractivity contribution in [3.8, 4) is 11.3 Å². The van der Waals surface area contributed by atoms with Gasteiger partial charge in [0.05, 0.1) is 23.0 Å². The molecule has 1 amide bonds. The van der Waals surface area contributed by atoms with Crippen LogP contribution < -0.4 is 0 Å². The van der Waals surface area contributed by atoms with Gasteiger partial charge in [-0.1, -0.05) is 20.8 Å². The van der Waals surface area contributed by atoms with E-state index in [4.69, 9.17) is 0 Å². The molecule has 0 aromatic carbocycles. The molecule has 7 nitrogen and oxygen atoms in total. The van der Waals surface area contributed by atoms with Crippen LogP contribution in [0.1, 0.15) is 68.0 Å². The smallest absolute Gasteiger partial charge is 0.337 e. The number of nitrogens with zero attached hydrogens (tertiary/aromatic N) is 4. The molecule has 1 saturated heterocycles. The second kappa shape index (κ2) is 7.66. The van der Waals surface area contributed by atoms with Gasteiger partial charge in [0, 0.05) is 29.9 Å². The Morgan fingerprint density at radius 2 is 1.89 bits per heavy atom. The summed E-state index contributed by atoms with van der Waals surface area (Å²) in [5.74, 6) is -0.332. The summed E-state index contributed by atoms with van der Waals surface area (Å²) in [5, 5.41) is 9.22. The number of carbonyl (C=O) groups excluding carboxylic acids is 1. The molecule has 2 aromatic heterocycles. The zero-order valence-corrected chi connectivity index (χ0v) is 16.8. The second-order valence-electron chi connectivity index (χ2n) is 8.25. The van der Waals surface area contributed by atoms with Gasteiger partial charge in [0.2, 0.25) is 5.91 Å². The maximum absolute atomic E-state index is 13.0. The van der Waals surface area contributed by atoms with Crippen LogP contribution in [0.2, 0.25) is 0 Å². The van der Waals surface area contributed by atoms with Gasteiger partial charge in [-0.15, -0.1) is 0 Å². The molecule has 148 valence electrons. The van der Waals surface area contributed by atoms with E-state index in [0.717, 1.165) is 31.5 Å². The number of carboxylic acids is 1. The Hall–Kier alpha value is -2.83. The lowest BCUT2D eigenvalue weighted by Crippen LogP contribution is -2.44.